The smallest absolute Gasteiger partial charge is 0.314 e. The Balaban J connectivity index is 2.07. The van der Waals surface area contributed by atoms with E-state index < -0.39 is 0 Å². The van der Waals surface area contributed by atoms with Crippen LogP contribution in [0.3, 0.4) is 0 Å². The maximum Gasteiger partial charge on any atom is 0.314 e. The number of para-hydroxylation sites is 2. The van der Waals surface area contributed by atoms with Gasteiger partial charge in [-0.05, 0) is 12.1 Å². The zero-order valence-corrected chi connectivity index (χ0v) is 10.4. The van der Waals surface area contributed by atoms with Gasteiger partial charge in [-0.15, -0.1) is 0 Å². The van der Waals surface area contributed by atoms with Crippen LogP contribution in [0.4, 0.5) is 6.01 Å². The number of fused-ring (bicyclic) bond motifs is 1. The van der Waals surface area contributed by atoms with E-state index in [2.05, 4.69) is 43.2 Å². The summed E-state index contributed by atoms with van der Waals surface area (Å²) in [7, 11) is 0. The fourth-order valence-electron chi connectivity index (χ4n) is 1.24. The maximum atomic E-state index is 5.51. The van der Waals surface area contributed by atoms with Gasteiger partial charge in [-0.25, -0.2) is 0 Å². The Bertz CT molecular complexity index is 504. The van der Waals surface area contributed by atoms with Crippen molar-refractivity contribution in [3.63, 3.8) is 0 Å². The van der Waals surface area contributed by atoms with Gasteiger partial charge in [-0.2, -0.15) is 4.98 Å². The van der Waals surface area contributed by atoms with Crippen LogP contribution in [0, 0.1) is 5.41 Å². The number of anilines is 1. The second kappa shape index (κ2) is 4.13. The summed E-state index contributed by atoms with van der Waals surface area (Å²) in [5.74, 6) is 0. The molecule has 2 rings (SSSR count). The summed E-state index contributed by atoms with van der Waals surface area (Å²) >= 11 is 0. The standard InChI is InChI=1S/C13H17N3O/c1-9(13(2,3)4)15-16-12-14-10-7-5-6-8-11(10)17-12/h5-8,15H,1H2,2-4H3,(H,14,16). The molecule has 0 bridgehead atoms. The minimum absolute atomic E-state index is 0.0149. The fraction of sp³-hybridized carbons (Fsp3) is 0.308. The molecule has 2 N–H and O–H groups in total. The molecule has 0 unspecified atom stereocenters. The van der Waals surface area contributed by atoms with Gasteiger partial charge in [0.1, 0.15) is 5.52 Å². The lowest BCUT2D eigenvalue weighted by atomic mass is 9.93. The zero-order chi connectivity index (χ0) is 12.5. The third-order valence-electron chi connectivity index (χ3n) is 2.52. The minimum atomic E-state index is -0.0149. The molecule has 0 saturated carbocycles. The number of oxazole rings is 1. The molecule has 0 saturated heterocycles. The minimum Gasteiger partial charge on any atom is -0.422 e. The highest BCUT2D eigenvalue weighted by Crippen LogP contribution is 2.22. The Morgan fingerprint density at radius 2 is 2.00 bits per heavy atom. The molecular formula is C13H17N3O. The average molecular weight is 231 g/mol. The van der Waals surface area contributed by atoms with Crippen LogP contribution in [0.5, 0.6) is 0 Å². The van der Waals surface area contributed by atoms with Gasteiger partial charge in [-0.1, -0.05) is 39.5 Å². The van der Waals surface area contributed by atoms with Crippen LogP contribution in [0.1, 0.15) is 20.8 Å². The van der Waals surface area contributed by atoms with E-state index in [1.54, 1.807) is 0 Å². The van der Waals surface area contributed by atoms with Gasteiger partial charge in [0.05, 0.1) is 0 Å². The largest absolute Gasteiger partial charge is 0.422 e. The third kappa shape index (κ3) is 2.58. The van der Waals surface area contributed by atoms with Gasteiger partial charge in [-0.3, -0.25) is 5.43 Å². The number of hydrogen-bond donors (Lipinski definition) is 2. The lowest BCUT2D eigenvalue weighted by Gasteiger charge is -2.22. The van der Waals surface area contributed by atoms with Gasteiger partial charge in [0.15, 0.2) is 5.58 Å². The van der Waals surface area contributed by atoms with E-state index in [9.17, 15) is 0 Å². The molecule has 1 aromatic carbocycles. The quantitative estimate of drug-likeness (QED) is 0.796. The summed E-state index contributed by atoms with van der Waals surface area (Å²) in [4.78, 5) is 4.29. The van der Waals surface area contributed by atoms with Gasteiger partial charge < -0.3 is 9.84 Å². The molecule has 0 spiro atoms. The van der Waals surface area contributed by atoms with Crippen LogP contribution in [-0.2, 0) is 0 Å². The van der Waals surface area contributed by atoms with Gasteiger partial charge >= 0.3 is 6.01 Å². The zero-order valence-electron chi connectivity index (χ0n) is 10.4. The fourth-order valence-corrected chi connectivity index (χ4v) is 1.24. The van der Waals surface area contributed by atoms with E-state index in [0.717, 1.165) is 16.8 Å². The molecule has 4 heteroatoms. The average Bonchev–Trinajstić information content (AvgIpc) is 2.66. The van der Waals surface area contributed by atoms with E-state index in [1.165, 1.54) is 0 Å². The predicted molar refractivity (Wildman–Crippen MR) is 69.4 cm³/mol. The summed E-state index contributed by atoms with van der Waals surface area (Å²) < 4.78 is 5.51. The van der Waals surface area contributed by atoms with E-state index >= 15 is 0 Å². The molecule has 0 aliphatic rings. The van der Waals surface area contributed by atoms with E-state index in [4.69, 9.17) is 4.42 Å². The molecule has 0 fully saturated rings. The first-order chi connectivity index (χ1) is 7.97. The highest BCUT2D eigenvalue weighted by Gasteiger charge is 2.15. The summed E-state index contributed by atoms with van der Waals surface area (Å²) in [6, 6.07) is 8.07. The first-order valence-electron chi connectivity index (χ1n) is 5.54. The Kier molecular flexibility index (Phi) is 2.79. The van der Waals surface area contributed by atoms with Crippen LogP contribution in [0.15, 0.2) is 41.0 Å². The molecule has 2 aromatic rings. The molecule has 90 valence electrons. The predicted octanol–water partition coefficient (Wildman–Crippen LogP) is 3.30. The van der Waals surface area contributed by atoms with Crippen molar-refractivity contribution in [2.75, 3.05) is 5.43 Å². The highest BCUT2D eigenvalue weighted by atomic mass is 16.4. The number of rotatable bonds is 3. The lowest BCUT2D eigenvalue weighted by Crippen LogP contribution is -2.28. The number of nitrogens with one attached hydrogen (secondary N) is 2. The van der Waals surface area contributed by atoms with E-state index in [0.29, 0.717) is 6.01 Å². The Morgan fingerprint density at radius 3 is 2.65 bits per heavy atom. The van der Waals surface area contributed by atoms with Crippen molar-refractivity contribution in [1.82, 2.24) is 10.4 Å². The van der Waals surface area contributed by atoms with E-state index in [1.807, 2.05) is 24.3 Å². The van der Waals surface area contributed by atoms with Crippen LogP contribution in [0.2, 0.25) is 0 Å². The second-order valence-corrected chi connectivity index (χ2v) is 4.97. The molecule has 0 radical (unpaired) electrons. The van der Waals surface area contributed by atoms with Crippen molar-refractivity contribution in [3.8, 4) is 0 Å². The number of allylic oxidation sites excluding steroid dienone is 1. The third-order valence-corrected chi connectivity index (χ3v) is 2.52. The number of aromatic nitrogens is 1. The Hall–Kier alpha value is -1.97. The number of benzene rings is 1. The Labute approximate surface area is 101 Å². The maximum absolute atomic E-state index is 5.51. The first kappa shape index (κ1) is 11.5. The topological polar surface area (TPSA) is 50.1 Å². The normalized spacial score (nSPS) is 11.5. The number of hydrogen-bond acceptors (Lipinski definition) is 4. The summed E-state index contributed by atoms with van der Waals surface area (Å²) in [6.07, 6.45) is 0. The second-order valence-electron chi connectivity index (χ2n) is 4.97. The van der Waals surface area contributed by atoms with Crippen LogP contribution in [-0.4, -0.2) is 4.98 Å². The molecule has 1 aromatic heterocycles. The monoisotopic (exact) mass is 231 g/mol. The van der Waals surface area contributed by atoms with Crippen molar-refractivity contribution in [2.24, 2.45) is 5.41 Å². The van der Waals surface area contributed by atoms with Crippen molar-refractivity contribution in [1.29, 1.82) is 0 Å². The lowest BCUT2D eigenvalue weighted by molar-refractivity contribution is 0.469. The van der Waals surface area contributed by atoms with Crippen LogP contribution < -0.4 is 10.9 Å². The molecular weight excluding hydrogens is 214 g/mol. The molecule has 0 aliphatic heterocycles. The molecule has 0 amide bonds. The number of hydrazine groups is 1. The summed E-state index contributed by atoms with van der Waals surface area (Å²) in [6.45, 7) is 10.2. The van der Waals surface area contributed by atoms with Crippen molar-refractivity contribution in [3.05, 3.63) is 36.5 Å². The van der Waals surface area contributed by atoms with E-state index in [-0.39, 0.29) is 5.41 Å². The van der Waals surface area contributed by atoms with Gasteiger partial charge in [0, 0.05) is 11.1 Å². The van der Waals surface area contributed by atoms with Crippen molar-refractivity contribution in [2.45, 2.75) is 20.8 Å². The highest BCUT2D eigenvalue weighted by molar-refractivity contribution is 5.73. The van der Waals surface area contributed by atoms with Crippen molar-refractivity contribution < 1.29 is 4.42 Å². The molecule has 4 nitrogen and oxygen atoms in total. The molecule has 0 aliphatic carbocycles. The molecule has 0 atom stereocenters. The van der Waals surface area contributed by atoms with Crippen LogP contribution >= 0.6 is 0 Å². The first-order valence-corrected chi connectivity index (χ1v) is 5.54. The summed E-state index contributed by atoms with van der Waals surface area (Å²) in [5.41, 5.74) is 8.37. The van der Waals surface area contributed by atoms with Gasteiger partial charge in [0.2, 0.25) is 0 Å². The number of nitrogens with zero attached hydrogens (tertiary/aromatic N) is 1. The molecule has 17 heavy (non-hydrogen) atoms. The SMILES string of the molecule is C=C(NNc1nc2ccccc2o1)C(C)(C)C. The van der Waals surface area contributed by atoms with Crippen LogP contribution in [0.25, 0.3) is 11.1 Å². The summed E-state index contributed by atoms with van der Waals surface area (Å²) in [5, 5.41) is 0. The Morgan fingerprint density at radius 1 is 1.29 bits per heavy atom. The molecule has 1 heterocycles. The van der Waals surface area contributed by atoms with Gasteiger partial charge in [0.25, 0.3) is 0 Å². The van der Waals surface area contributed by atoms with Crippen molar-refractivity contribution >= 4 is 17.1 Å².